The number of rotatable bonds is 9. The first-order valence-electron chi connectivity index (χ1n) is 7.77. The number of benzene rings is 1. The molecule has 1 rings (SSSR count). The fourth-order valence-corrected chi connectivity index (χ4v) is 2.37. The molecule has 0 heterocycles. The zero-order chi connectivity index (χ0) is 14.8. The lowest BCUT2D eigenvalue weighted by Gasteiger charge is -2.15. The van der Waals surface area contributed by atoms with Gasteiger partial charge in [0.2, 0.25) is 0 Å². The second-order valence-corrected chi connectivity index (χ2v) is 5.42. The topological polar surface area (TPSA) is 55.1 Å². The van der Waals surface area contributed by atoms with Crippen molar-refractivity contribution in [2.75, 3.05) is 6.54 Å². The van der Waals surface area contributed by atoms with Gasteiger partial charge in [-0.25, -0.2) is 0 Å². The molecule has 0 spiro atoms. The summed E-state index contributed by atoms with van der Waals surface area (Å²) >= 11 is 0. The van der Waals surface area contributed by atoms with E-state index in [1.807, 2.05) is 24.3 Å². The summed E-state index contributed by atoms with van der Waals surface area (Å²) in [6.07, 6.45) is 6.74. The Bertz CT molecular complexity index is 404. The number of nitrogens with one attached hydrogen (secondary N) is 1. The van der Waals surface area contributed by atoms with Gasteiger partial charge in [0.1, 0.15) is 0 Å². The Morgan fingerprint density at radius 2 is 2.00 bits per heavy atom. The van der Waals surface area contributed by atoms with E-state index in [4.69, 9.17) is 5.73 Å². The van der Waals surface area contributed by atoms with Crippen LogP contribution in [-0.2, 0) is 6.42 Å². The lowest BCUT2D eigenvalue weighted by molar-refractivity contribution is 0.0937. The highest BCUT2D eigenvalue weighted by molar-refractivity contribution is 5.95. The van der Waals surface area contributed by atoms with Crippen LogP contribution < -0.4 is 11.1 Å². The summed E-state index contributed by atoms with van der Waals surface area (Å²) in [4.78, 5) is 12.3. The minimum absolute atomic E-state index is 0.0250. The van der Waals surface area contributed by atoms with Gasteiger partial charge in [-0.1, -0.05) is 50.8 Å². The van der Waals surface area contributed by atoms with Crippen molar-refractivity contribution in [3.05, 3.63) is 35.4 Å². The number of carbonyl (C=O) groups excluding carboxylic acids is 1. The van der Waals surface area contributed by atoms with Crippen molar-refractivity contribution in [2.45, 2.75) is 58.4 Å². The van der Waals surface area contributed by atoms with Gasteiger partial charge in [-0.15, -0.1) is 0 Å². The van der Waals surface area contributed by atoms with Crippen LogP contribution in [0.15, 0.2) is 24.3 Å². The normalized spacial score (nSPS) is 12.2. The molecule has 112 valence electrons. The molecule has 1 atom stereocenters. The quantitative estimate of drug-likeness (QED) is 0.680. The van der Waals surface area contributed by atoms with Crippen molar-refractivity contribution in [1.82, 2.24) is 5.32 Å². The van der Waals surface area contributed by atoms with E-state index in [0.29, 0.717) is 6.54 Å². The van der Waals surface area contributed by atoms with Crippen LogP contribution in [0.3, 0.4) is 0 Å². The molecule has 0 fully saturated rings. The molecular weight excluding hydrogens is 248 g/mol. The molecule has 0 saturated carbocycles. The van der Waals surface area contributed by atoms with Crippen molar-refractivity contribution in [1.29, 1.82) is 0 Å². The maximum atomic E-state index is 12.3. The molecule has 0 bridgehead atoms. The Kier molecular flexibility index (Phi) is 7.97. The van der Waals surface area contributed by atoms with E-state index in [9.17, 15) is 4.79 Å². The average molecular weight is 276 g/mol. The summed E-state index contributed by atoms with van der Waals surface area (Å²) in [5.41, 5.74) is 7.39. The fourth-order valence-electron chi connectivity index (χ4n) is 2.37. The summed E-state index contributed by atoms with van der Waals surface area (Å²) in [6, 6.07) is 7.94. The SMILES string of the molecule is CCCCCCC(C)NC(=O)c1ccccc1CCN. The molecule has 20 heavy (non-hydrogen) atoms. The van der Waals surface area contributed by atoms with Crippen LogP contribution in [0.5, 0.6) is 0 Å². The summed E-state index contributed by atoms with van der Waals surface area (Å²) in [5.74, 6) is 0.0250. The molecule has 0 saturated heterocycles. The van der Waals surface area contributed by atoms with Crippen LogP contribution in [0.25, 0.3) is 0 Å². The van der Waals surface area contributed by atoms with Crippen LogP contribution in [0.4, 0.5) is 0 Å². The zero-order valence-electron chi connectivity index (χ0n) is 12.8. The Morgan fingerprint density at radius 3 is 2.70 bits per heavy atom. The van der Waals surface area contributed by atoms with Crippen molar-refractivity contribution < 1.29 is 4.79 Å². The average Bonchev–Trinajstić information content (AvgIpc) is 2.44. The standard InChI is InChI=1S/C17H28N2O/c1-3-4-5-6-9-14(2)19-17(20)16-11-8-7-10-15(16)12-13-18/h7-8,10-11,14H,3-6,9,12-13,18H2,1-2H3,(H,19,20). The fraction of sp³-hybridized carbons (Fsp3) is 0.588. The summed E-state index contributed by atoms with van der Waals surface area (Å²) in [7, 11) is 0. The molecule has 1 amide bonds. The number of nitrogens with two attached hydrogens (primary N) is 1. The second-order valence-electron chi connectivity index (χ2n) is 5.42. The Balaban J connectivity index is 2.49. The second kappa shape index (κ2) is 9.54. The minimum atomic E-state index is 0.0250. The van der Waals surface area contributed by atoms with E-state index in [2.05, 4.69) is 19.2 Å². The number of hydrogen-bond acceptors (Lipinski definition) is 2. The van der Waals surface area contributed by atoms with Crippen LogP contribution in [0.2, 0.25) is 0 Å². The Morgan fingerprint density at radius 1 is 1.25 bits per heavy atom. The van der Waals surface area contributed by atoms with Gasteiger partial charge in [0, 0.05) is 11.6 Å². The van der Waals surface area contributed by atoms with E-state index in [0.717, 1.165) is 24.0 Å². The number of unbranched alkanes of at least 4 members (excludes halogenated alkanes) is 3. The highest BCUT2D eigenvalue weighted by atomic mass is 16.1. The molecule has 0 aliphatic rings. The Hall–Kier alpha value is -1.35. The number of hydrogen-bond donors (Lipinski definition) is 2. The first-order valence-corrected chi connectivity index (χ1v) is 7.77. The van der Waals surface area contributed by atoms with Gasteiger partial charge in [0.05, 0.1) is 0 Å². The van der Waals surface area contributed by atoms with Gasteiger partial charge in [-0.3, -0.25) is 4.79 Å². The van der Waals surface area contributed by atoms with Crippen molar-refractivity contribution in [3.63, 3.8) is 0 Å². The first-order chi connectivity index (χ1) is 9.69. The van der Waals surface area contributed by atoms with Crippen LogP contribution in [-0.4, -0.2) is 18.5 Å². The maximum Gasteiger partial charge on any atom is 0.251 e. The van der Waals surface area contributed by atoms with E-state index in [1.165, 1.54) is 25.7 Å². The Labute approximate surface area is 122 Å². The van der Waals surface area contributed by atoms with Gasteiger partial charge in [-0.05, 0) is 37.9 Å². The molecule has 3 heteroatoms. The van der Waals surface area contributed by atoms with Gasteiger partial charge in [0.15, 0.2) is 0 Å². The van der Waals surface area contributed by atoms with Gasteiger partial charge in [-0.2, -0.15) is 0 Å². The third-order valence-corrected chi connectivity index (χ3v) is 3.54. The third-order valence-electron chi connectivity index (χ3n) is 3.54. The molecule has 0 aliphatic carbocycles. The molecular formula is C17H28N2O. The molecule has 0 aliphatic heterocycles. The summed E-state index contributed by atoms with van der Waals surface area (Å²) < 4.78 is 0. The van der Waals surface area contributed by atoms with Crippen LogP contribution >= 0.6 is 0 Å². The van der Waals surface area contributed by atoms with Crippen molar-refractivity contribution >= 4 is 5.91 Å². The third kappa shape index (κ3) is 5.74. The number of carbonyl (C=O) groups is 1. The minimum Gasteiger partial charge on any atom is -0.350 e. The lowest BCUT2D eigenvalue weighted by Crippen LogP contribution is -2.33. The lowest BCUT2D eigenvalue weighted by atomic mass is 10.0. The zero-order valence-corrected chi connectivity index (χ0v) is 12.8. The van der Waals surface area contributed by atoms with E-state index < -0.39 is 0 Å². The smallest absolute Gasteiger partial charge is 0.251 e. The van der Waals surface area contributed by atoms with Gasteiger partial charge >= 0.3 is 0 Å². The number of amides is 1. The molecule has 3 N–H and O–H groups in total. The molecule has 3 nitrogen and oxygen atoms in total. The molecule has 0 radical (unpaired) electrons. The predicted molar refractivity (Wildman–Crippen MR) is 84.9 cm³/mol. The van der Waals surface area contributed by atoms with Crippen molar-refractivity contribution in [3.8, 4) is 0 Å². The summed E-state index contributed by atoms with van der Waals surface area (Å²) in [5, 5.41) is 3.09. The predicted octanol–water partition coefficient (Wildman–Crippen LogP) is 3.28. The van der Waals surface area contributed by atoms with E-state index in [1.54, 1.807) is 0 Å². The molecule has 1 aromatic carbocycles. The maximum absolute atomic E-state index is 12.3. The monoisotopic (exact) mass is 276 g/mol. The highest BCUT2D eigenvalue weighted by Gasteiger charge is 2.12. The molecule has 1 aromatic rings. The largest absolute Gasteiger partial charge is 0.350 e. The van der Waals surface area contributed by atoms with Crippen molar-refractivity contribution in [2.24, 2.45) is 5.73 Å². The first kappa shape index (κ1) is 16.7. The highest BCUT2D eigenvalue weighted by Crippen LogP contribution is 2.11. The van der Waals surface area contributed by atoms with Crippen LogP contribution in [0, 0.1) is 0 Å². The molecule has 0 aromatic heterocycles. The van der Waals surface area contributed by atoms with Gasteiger partial charge < -0.3 is 11.1 Å². The van der Waals surface area contributed by atoms with E-state index in [-0.39, 0.29) is 11.9 Å². The van der Waals surface area contributed by atoms with Crippen LogP contribution in [0.1, 0.15) is 61.9 Å². The van der Waals surface area contributed by atoms with E-state index >= 15 is 0 Å². The van der Waals surface area contributed by atoms with Gasteiger partial charge in [0.25, 0.3) is 5.91 Å². The summed E-state index contributed by atoms with van der Waals surface area (Å²) in [6.45, 7) is 4.85. The molecule has 1 unspecified atom stereocenters.